The van der Waals surface area contributed by atoms with Gasteiger partial charge in [0, 0.05) is 49.7 Å². The van der Waals surface area contributed by atoms with E-state index in [4.69, 9.17) is 15.2 Å². The topological polar surface area (TPSA) is 85.1 Å². The second-order valence-electron chi connectivity index (χ2n) is 20.3. The molecular weight excluding hydrogens is 683 g/mol. The number of carbonyl (C=O) groups excluding carboxylic acids is 2. The van der Waals surface area contributed by atoms with Gasteiger partial charge in [-0.25, -0.2) is 4.79 Å². The van der Waals surface area contributed by atoms with Crippen LogP contribution in [0.1, 0.15) is 140 Å². The predicted molar refractivity (Wildman–Crippen MR) is 217 cm³/mol. The molecule has 7 nitrogen and oxygen atoms in total. The van der Waals surface area contributed by atoms with E-state index in [0.29, 0.717) is 42.3 Å². The molecule has 55 heavy (non-hydrogen) atoms. The van der Waals surface area contributed by atoms with Crippen molar-refractivity contribution in [1.29, 1.82) is 0 Å². The number of hydrogen-bond acceptors (Lipinski definition) is 7. The molecule has 7 heteroatoms. The molecule has 0 radical (unpaired) electrons. The molecule has 11 atom stereocenters. The van der Waals surface area contributed by atoms with Gasteiger partial charge in [0.05, 0.1) is 11.0 Å². The molecule has 0 amide bonds. The summed E-state index contributed by atoms with van der Waals surface area (Å²) in [5.74, 6) is 3.84. The lowest BCUT2D eigenvalue weighted by atomic mass is 9.31. The van der Waals surface area contributed by atoms with E-state index in [1.54, 1.807) is 0 Å². The third-order valence-corrected chi connectivity index (χ3v) is 16.4. The van der Waals surface area contributed by atoms with Gasteiger partial charge in [-0.1, -0.05) is 83.7 Å². The highest BCUT2D eigenvalue weighted by molar-refractivity contribution is 5.99. The lowest BCUT2D eigenvalue weighted by Crippen LogP contribution is -2.75. The summed E-state index contributed by atoms with van der Waals surface area (Å²) in [7, 11) is 0. The molecule has 11 aliphatic rings. The molecule has 12 rings (SSSR count). The molecule has 1 unspecified atom stereocenters. The molecule has 2 N–H and O–H groups in total. The average molecular weight is 752 g/mol. The number of hydrogen-bond donors (Lipinski definition) is 1. The Balaban J connectivity index is 1.26. The summed E-state index contributed by atoms with van der Waals surface area (Å²) < 4.78 is 13.9. The molecule has 2 saturated carbocycles. The van der Waals surface area contributed by atoms with E-state index < -0.39 is 16.4 Å². The molecule has 3 aliphatic carbocycles. The van der Waals surface area contributed by atoms with Gasteiger partial charge < -0.3 is 15.2 Å². The van der Waals surface area contributed by atoms with Crippen molar-refractivity contribution in [2.45, 2.75) is 142 Å². The highest BCUT2D eigenvalue weighted by Crippen LogP contribution is 2.84. The SMILES string of the molecule is CCC[C@H]1CC=C2OC(=O)[C@@]34C=C(CC[C@@]23[C@@]2(OC(=O)c3c(CCCN)cccc32)[C@H]4C[C@H](C)CCC(C)C)[C@@H]2C[C@H](C)CCC2N2C[C@H]3C[C@H](C2)CN1C3. The lowest BCUT2D eigenvalue weighted by molar-refractivity contribution is -0.274. The number of piperidine rings is 2. The van der Waals surface area contributed by atoms with Crippen LogP contribution in [0.15, 0.2) is 41.7 Å². The number of esters is 2. The van der Waals surface area contributed by atoms with E-state index in [2.05, 4.69) is 74.8 Å². The minimum Gasteiger partial charge on any atom is -0.449 e. The molecule has 3 saturated heterocycles. The fourth-order valence-corrected chi connectivity index (χ4v) is 14.2. The van der Waals surface area contributed by atoms with Crippen molar-refractivity contribution in [2.75, 3.05) is 32.7 Å². The van der Waals surface area contributed by atoms with Crippen LogP contribution >= 0.6 is 0 Å². The molecule has 8 heterocycles. The first-order chi connectivity index (χ1) is 26.6. The van der Waals surface area contributed by atoms with Gasteiger partial charge in [-0.3, -0.25) is 14.6 Å². The molecule has 1 aromatic carbocycles. The van der Waals surface area contributed by atoms with Crippen molar-refractivity contribution in [2.24, 2.45) is 58.0 Å². The maximum absolute atomic E-state index is 15.3. The molecule has 300 valence electrons. The molecule has 5 fully saturated rings. The van der Waals surface area contributed by atoms with Crippen LogP contribution in [0.5, 0.6) is 0 Å². The van der Waals surface area contributed by atoms with E-state index in [0.717, 1.165) is 98.5 Å². The fraction of sp³-hybridized carbons (Fsp3) is 0.750. The quantitative estimate of drug-likeness (QED) is 0.189. The summed E-state index contributed by atoms with van der Waals surface area (Å²) in [5.41, 5.74) is 7.73. The number of aryl methyl sites for hydroxylation is 1. The monoisotopic (exact) mass is 752 g/mol. The molecule has 8 aliphatic heterocycles. The molecule has 0 aromatic heterocycles. The molecule has 2 spiro atoms. The lowest BCUT2D eigenvalue weighted by Gasteiger charge is -2.69. The number of rotatable bonds is 10. The van der Waals surface area contributed by atoms with Gasteiger partial charge in [-0.2, -0.15) is 0 Å². The van der Waals surface area contributed by atoms with Gasteiger partial charge in [0.15, 0.2) is 5.60 Å². The van der Waals surface area contributed by atoms with Crippen molar-refractivity contribution in [1.82, 2.24) is 9.80 Å². The van der Waals surface area contributed by atoms with E-state index in [-0.39, 0.29) is 17.9 Å². The van der Waals surface area contributed by atoms with Crippen LogP contribution in [0.25, 0.3) is 0 Å². The molecule has 8 bridgehead atoms. The summed E-state index contributed by atoms with van der Waals surface area (Å²) >= 11 is 0. The van der Waals surface area contributed by atoms with Crippen LogP contribution in [-0.2, 0) is 26.3 Å². The number of fused-ring (bicyclic) bond motifs is 2. The maximum atomic E-state index is 15.3. The Labute approximate surface area is 331 Å². The Kier molecular flexibility index (Phi) is 9.97. The van der Waals surface area contributed by atoms with E-state index >= 15 is 4.79 Å². The predicted octanol–water partition coefficient (Wildman–Crippen LogP) is 8.80. The highest BCUT2D eigenvalue weighted by atomic mass is 16.6. The Bertz CT molecular complexity index is 1720. The van der Waals surface area contributed by atoms with Gasteiger partial charge in [0.2, 0.25) is 0 Å². The third kappa shape index (κ3) is 5.65. The fourth-order valence-electron chi connectivity index (χ4n) is 14.2. The number of nitrogens with zero attached hydrogens (tertiary/aromatic N) is 2. The van der Waals surface area contributed by atoms with Crippen molar-refractivity contribution >= 4 is 11.9 Å². The van der Waals surface area contributed by atoms with E-state index in [1.165, 1.54) is 57.4 Å². The summed E-state index contributed by atoms with van der Waals surface area (Å²) in [5, 5.41) is 0. The minimum absolute atomic E-state index is 0.0898. The van der Waals surface area contributed by atoms with Gasteiger partial charge in [0.25, 0.3) is 0 Å². The first kappa shape index (κ1) is 38.1. The van der Waals surface area contributed by atoms with E-state index in [1.807, 2.05) is 0 Å². The summed E-state index contributed by atoms with van der Waals surface area (Å²) in [6.45, 7) is 17.1. The Morgan fingerprint density at radius 1 is 1.00 bits per heavy atom. The van der Waals surface area contributed by atoms with Crippen molar-refractivity contribution in [3.05, 3.63) is 58.4 Å². The zero-order valence-corrected chi connectivity index (χ0v) is 34.6. The van der Waals surface area contributed by atoms with Crippen LogP contribution in [0.2, 0.25) is 0 Å². The summed E-state index contributed by atoms with van der Waals surface area (Å²) in [4.78, 5) is 35.6. The number of nitrogens with two attached hydrogens (primary N) is 1. The van der Waals surface area contributed by atoms with Crippen molar-refractivity contribution in [3.8, 4) is 0 Å². The molecular formula is C48H69N3O4. The zero-order chi connectivity index (χ0) is 38.3. The van der Waals surface area contributed by atoms with Gasteiger partial charge in [-0.15, -0.1) is 0 Å². The Morgan fingerprint density at radius 2 is 1.78 bits per heavy atom. The van der Waals surface area contributed by atoms with Crippen molar-refractivity contribution in [3.63, 3.8) is 0 Å². The molecule has 1 aromatic rings. The third-order valence-electron chi connectivity index (χ3n) is 16.4. The van der Waals surface area contributed by atoms with Crippen LogP contribution in [0.3, 0.4) is 0 Å². The second-order valence-corrected chi connectivity index (χ2v) is 20.3. The zero-order valence-electron chi connectivity index (χ0n) is 34.6. The minimum atomic E-state index is -0.945. The van der Waals surface area contributed by atoms with Crippen LogP contribution < -0.4 is 5.73 Å². The Hall–Kier alpha value is -2.48. The first-order valence-corrected chi connectivity index (χ1v) is 22.7. The van der Waals surface area contributed by atoms with Gasteiger partial charge in [-0.05, 0) is 124 Å². The second kappa shape index (κ2) is 14.4. The largest absolute Gasteiger partial charge is 0.449 e. The first-order valence-electron chi connectivity index (χ1n) is 22.7. The number of ether oxygens (including phenoxy) is 2. The van der Waals surface area contributed by atoms with Crippen molar-refractivity contribution < 1.29 is 19.1 Å². The van der Waals surface area contributed by atoms with Gasteiger partial charge in [0.1, 0.15) is 11.2 Å². The highest BCUT2D eigenvalue weighted by Gasteiger charge is 2.91. The van der Waals surface area contributed by atoms with Crippen LogP contribution in [0.4, 0.5) is 0 Å². The smallest absolute Gasteiger partial charge is 0.339 e. The van der Waals surface area contributed by atoms with E-state index in [9.17, 15) is 4.79 Å². The summed E-state index contributed by atoms with van der Waals surface area (Å²) in [6, 6.07) is 7.33. The standard InChI is InChI=1S/C48H69N3O4/c1-6-9-37-16-18-42-47-20-19-36(38-22-31(4)15-17-40(38)51-28-33-24-34(29-51)27-50(37)26-33)25-46(47,45(53)54-42)41(23-32(5)14-13-30(2)3)48(47)39-12-7-10-35(11-8-21-49)43(39)44(52)55-48/h7,10,12,18,25,30-34,37-38,40-41H,6,8-9,11,13-17,19-24,26-29,49H2,1-5H3/t31-,32-,33+,34+,37+,38+,40?,41+,46+,47-,48+/m1/s1. The van der Waals surface area contributed by atoms with Gasteiger partial charge >= 0.3 is 11.9 Å². The van der Waals surface area contributed by atoms with Crippen LogP contribution in [0, 0.1) is 52.3 Å². The Morgan fingerprint density at radius 3 is 2.53 bits per heavy atom. The maximum Gasteiger partial charge on any atom is 0.339 e. The van der Waals surface area contributed by atoms with Crippen LogP contribution in [-0.4, -0.2) is 66.5 Å². The number of benzene rings is 1. The average Bonchev–Trinajstić information content (AvgIpc) is 3.61. The normalized spacial score (nSPS) is 41.8. The number of carbonyl (C=O) groups is 2. The summed E-state index contributed by atoms with van der Waals surface area (Å²) in [6.07, 6.45) is 19.4.